The molecule has 0 aliphatic carbocycles. The van der Waals surface area contributed by atoms with Crippen LogP contribution in [0.3, 0.4) is 0 Å². The molecular weight excluding hydrogens is 350 g/mol. The fourth-order valence-electron chi connectivity index (χ4n) is 2.91. The lowest BCUT2D eigenvalue weighted by molar-refractivity contribution is -0.136. The Hall–Kier alpha value is -2.58. The number of piperazine rings is 1. The molecule has 0 saturated carbocycles. The quantitative estimate of drug-likeness (QED) is 0.685. The molecule has 1 fully saturated rings. The van der Waals surface area contributed by atoms with Gasteiger partial charge in [0, 0.05) is 38.6 Å². The first-order chi connectivity index (χ1) is 12.8. The van der Waals surface area contributed by atoms with Gasteiger partial charge in [-0.2, -0.15) is 0 Å². The summed E-state index contributed by atoms with van der Waals surface area (Å²) in [5.74, 6) is 0.728. The van der Waals surface area contributed by atoms with E-state index in [-0.39, 0.29) is 12.5 Å². The summed E-state index contributed by atoms with van der Waals surface area (Å²) >= 11 is 1.60. The Morgan fingerprint density at radius 3 is 2.62 bits per heavy atom. The van der Waals surface area contributed by atoms with Gasteiger partial charge in [-0.3, -0.25) is 4.79 Å². The van der Waals surface area contributed by atoms with Crippen LogP contribution in [0.2, 0.25) is 0 Å². The molecule has 1 aromatic carbocycles. The van der Waals surface area contributed by atoms with Crippen molar-refractivity contribution in [2.45, 2.75) is 6.61 Å². The number of nitrogens with zero attached hydrogens (tertiary/aromatic N) is 5. The van der Waals surface area contributed by atoms with Crippen LogP contribution in [0.25, 0.3) is 10.2 Å². The Kier molecular flexibility index (Phi) is 5.03. The zero-order valence-corrected chi connectivity index (χ0v) is 15.1. The summed E-state index contributed by atoms with van der Waals surface area (Å²) in [6.45, 7) is 3.21. The maximum atomic E-state index is 12.3. The first-order valence-electron chi connectivity index (χ1n) is 8.51. The van der Waals surface area contributed by atoms with Crippen LogP contribution in [0.4, 0.5) is 5.95 Å². The number of hydrogen-bond donors (Lipinski definition) is 0. The topological polar surface area (TPSA) is 71.5 Å². The standard InChI is InChI=1S/C18H19N5O2S/c24-17(13-25-12-16-21-14-4-1-2-5-15(14)26-16)22-8-10-23(11-9-22)18-19-6-3-7-20-18/h1-7H,8-13H2. The molecule has 4 rings (SSSR count). The molecule has 0 N–H and O–H groups in total. The van der Waals surface area contributed by atoms with Crippen molar-refractivity contribution in [3.63, 3.8) is 0 Å². The fourth-order valence-corrected chi connectivity index (χ4v) is 3.81. The summed E-state index contributed by atoms with van der Waals surface area (Å²) in [6.07, 6.45) is 3.46. The molecule has 134 valence electrons. The summed E-state index contributed by atoms with van der Waals surface area (Å²) in [6, 6.07) is 9.78. The Bertz CT molecular complexity index is 844. The van der Waals surface area contributed by atoms with Gasteiger partial charge in [0.25, 0.3) is 0 Å². The first-order valence-corrected chi connectivity index (χ1v) is 9.33. The van der Waals surface area contributed by atoms with Crippen molar-refractivity contribution < 1.29 is 9.53 Å². The molecule has 1 amide bonds. The molecule has 3 heterocycles. The molecule has 0 radical (unpaired) electrons. The summed E-state index contributed by atoms with van der Waals surface area (Å²) in [4.78, 5) is 29.3. The van der Waals surface area contributed by atoms with Crippen LogP contribution in [0.15, 0.2) is 42.7 Å². The molecule has 0 atom stereocenters. The van der Waals surface area contributed by atoms with Crippen LogP contribution in [0.1, 0.15) is 5.01 Å². The molecule has 26 heavy (non-hydrogen) atoms. The summed E-state index contributed by atoms with van der Waals surface area (Å²) in [7, 11) is 0. The smallest absolute Gasteiger partial charge is 0.248 e. The molecule has 0 unspecified atom stereocenters. The third-order valence-corrected chi connectivity index (χ3v) is 5.27. The van der Waals surface area contributed by atoms with Gasteiger partial charge in [-0.25, -0.2) is 15.0 Å². The zero-order chi connectivity index (χ0) is 17.8. The number of carbonyl (C=O) groups is 1. The second kappa shape index (κ2) is 7.76. The van der Waals surface area contributed by atoms with E-state index in [0.29, 0.717) is 25.6 Å². The first kappa shape index (κ1) is 16.9. The molecule has 1 aliphatic rings. The van der Waals surface area contributed by atoms with Crippen molar-refractivity contribution in [1.29, 1.82) is 0 Å². The van der Waals surface area contributed by atoms with E-state index < -0.39 is 0 Å². The van der Waals surface area contributed by atoms with Gasteiger partial charge in [-0.15, -0.1) is 11.3 Å². The number of thiazole rings is 1. The van der Waals surface area contributed by atoms with Crippen molar-refractivity contribution in [2.24, 2.45) is 0 Å². The lowest BCUT2D eigenvalue weighted by atomic mass is 10.3. The Labute approximate surface area is 155 Å². The third-order valence-electron chi connectivity index (χ3n) is 4.26. The van der Waals surface area contributed by atoms with Gasteiger partial charge < -0.3 is 14.5 Å². The molecule has 1 saturated heterocycles. The highest BCUT2D eigenvalue weighted by molar-refractivity contribution is 7.18. The Morgan fingerprint density at radius 1 is 1.08 bits per heavy atom. The molecule has 1 aliphatic heterocycles. The highest BCUT2D eigenvalue weighted by atomic mass is 32.1. The van der Waals surface area contributed by atoms with Gasteiger partial charge in [0.05, 0.1) is 16.8 Å². The predicted molar refractivity (Wildman–Crippen MR) is 100 cm³/mol. The monoisotopic (exact) mass is 369 g/mol. The molecule has 0 spiro atoms. The summed E-state index contributed by atoms with van der Waals surface area (Å²) in [5, 5.41) is 0.894. The van der Waals surface area contributed by atoms with E-state index in [0.717, 1.165) is 28.3 Å². The van der Waals surface area contributed by atoms with Crippen LogP contribution in [-0.4, -0.2) is 58.5 Å². The van der Waals surface area contributed by atoms with E-state index >= 15 is 0 Å². The lowest BCUT2D eigenvalue weighted by Crippen LogP contribution is -2.50. The van der Waals surface area contributed by atoms with Crippen LogP contribution in [0.5, 0.6) is 0 Å². The summed E-state index contributed by atoms with van der Waals surface area (Å²) in [5.41, 5.74) is 0.974. The van der Waals surface area contributed by atoms with E-state index in [4.69, 9.17) is 4.74 Å². The Balaban J connectivity index is 1.24. The minimum absolute atomic E-state index is 0.0136. The Morgan fingerprint density at radius 2 is 1.85 bits per heavy atom. The average molecular weight is 369 g/mol. The number of rotatable bonds is 5. The van der Waals surface area contributed by atoms with E-state index in [1.165, 1.54) is 0 Å². The highest BCUT2D eigenvalue weighted by Crippen LogP contribution is 2.22. The number of carbonyl (C=O) groups excluding carboxylic acids is 1. The minimum atomic E-state index is 0.0136. The van der Waals surface area contributed by atoms with Crippen LogP contribution in [0, 0.1) is 0 Å². The summed E-state index contributed by atoms with van der Waals surface area (Å²) < 4.78 is 6.73. The molecular formula is C18H19N5O2S. The van der Waals surface area contributed by atoms with Gasteiger partial charge in [0.2, 0.25) is 11.9 Å². The number of anilines is 1. The minimum Gasteiger partial charge on any atom is -0.364 e. The van der Waals surface area contributed by atoms with Crippen LogP contribution in [-0.2, 0) is 16.1 Å². The van der Waals surface area contributed by atoms with E-state index in [1.54, 1.807) is 29.8 Å². The molecule has 8 heteroatoms. The van der Waals surface area contributed by atoms with Crippen molar-refractivity contribution in [1.82, 2.24) is 19.9 Å². The van der Waals surface area contributed by atoms with E-state index in [1.807, 2.05) is 29.2 Å². The molecule has 3 aromatic rings. The van der Waals surface area contributed by atoms with Gasteiger partial charge in [0.1, 0.15) is 11.6 Å². The number of aromatic nitrogens is 3. The van der Waals surface area contributed by atoms with Crippen molar-refractivity contribution in [3.05, 3.63) is 47.7 Å². The number of benzene rings is 1. The average Bonchev–Trinajstić information content (AvgIpc) is 3.11. The van der Waals surface area contributed by atoms with Gasteiger partial charge in [-0.05, 0) is 18.2 Å². The van der Waals surface area contributed by atoms with Crippen LogP contribution >= 0.6 is 11.3 Å². The van der Waals surface area contributed by atoms with Gasteiger partial charge in [-0.1, -0.05) is 12.1 Å². The van der Waals surface area contributed by atoms with Crippen LogP contribution < -0.4 is 4.90 Å². The van der Waals surface area contributed by atoms with Gasteiger partial charge >= 0.3 is 0 Å². The predicted octanol–water partition coefficient (Wildman–Crippen LogP) is 1.95. The zero-order valence-electron chi connectivity index (χ0n) is 14.2. The van der Waals surface area contributed by atoms with E-state index in [2.05, 4.69) is 19.9 Å². The maximum absolute atomic E-state index is 12.3. The number of fused-ring (bicyclic) bond motifs is 1. The highest BCUT2D eigenvalue weighted by Gasteiger charge is 2.22. The SMILES string of the molecule is O=C(COCc1nc2ccccc2s1)N1CCN(c2ncccn2)CC1. The molecule has 7 nitrogen and oxygen atoms in total. The van der Waals surface area contributed by atoms with Gasteiger partial charge in [0.15, 0.2) is 0 Å². The normalized spacial score (nSPS) is 14.8. The van der Waals surface area contributed by atoms with Crippen molar-refractivity contribution in [2.75, 3.05) is 37.7 Å². The maximum Gasteiger partial charge on any atom is 0.248 e. The van der Waals surface area contributed by atoms with E-state index in [9.17, 15) is 4.79 Å². The third kappa shape index (κ3) is 3.81. The number of ether oxygens (including phenoxy) is 1. The second-order valence-electron chi connectivity index (χ2n) is 5.98. The second-order valence-corrected chi connectivity index (χ2v) is 7.10. The molecule has 0 bridgehead atoms. The largest absolute Gasteiger partial charge is 0.364 e. The number of hydrogen-bond acceptors (Lipinski definition) is 7. The lowest BCUT2D eigenvalue weighted by Gasteiger charge is -2.34. The fraction of sp³-hybridized carbons (Fsp3) is 0.333. The van der Waals surface area contributed by atoms with Crippen molar-refractivity contribution >= 4 is 33.4 Å². The number of para-hydroxylation sites is 1. The number of amides is 1. The van der Waals surface area contributed by atoms with Crippen molar-refractivity contribution in [3.8, 4) is 0 Å². The molecule has 2 aromatic heterocycles.